The summed E-state index contributed by atoms with van der Waals surface area (Å²) < 4.78 is 14.1. The standard InChI is InChI=1S/C16H20FNO3/c1-4-11(3)18(5-2)16(21)13-8-6-12(10-14(13)17)7-9-15(19)20/h6-11H,4-5H2,1-3H3,(H,19,20). The Labute approximate surface area is 123 Å². The van der Waals surface area contributed by atoms with Gasteiger partial charge in [-0.2, -0.15) is 0 Å². The van der Waals surface area contributed by atoms with Gasteiger partial charge in [0.25, 0.3) is 5.91 Å². The van der Waals surface area contributed by atoms with Gasteiger partial charge in [0.15, 0.2) is 0 Å². The predicted octanol–water partition coefficient (Wildman–Crippen LogP) is 3.18. The number of carboxylic acid groups (broad SMARTS) is 1. The second kappa shape index (κ2) is 7.57. The largest absolute Gasteiger partial charge is 0.478 e. The molecule has 1 rings (SSSR count). The molecule has 1 aromatic rings. The normalized spacial score (nSPS) is 12.4. The fourth-order valence-corrected chi connectivity index (χ4v) is 2.01. The molecule has 0 saturated carbocycles. The molecule has 0 aromatic heterocycles. The number of amides is 1. The molecule has 1 atom stereocenters. The van der Waals surface area contributed by atoms with Crippen LogP contribution in [-0.4, -0.2) is 34.5 Å². The number of carbonyl (C=O) groups excluding carboxylic acids is 1. The smallest absolute Gasteiger partial charge is 0.328 e. The molecule has 4 nitrogen and oxygen atoms in total. The third-order valence-electron chi connectivity index (χ3n) is 3.37. The van der Waals surface area contributed by atoms with Crippen LogP contribution in [-0.2, 0) is 4.79 Å². The molecule has 0 aliphatic rings. The van der Waals surface area contributed by atoms with E-state index >= 15 is 0 Å². The van der Waals surface area contributed by atoms with Crippen LogP contribution in [0.25, 0.3) is 6.08 Å². The highest BCUT2D eigenvalue weighted by atomic mass is 19.1. The summed E-state index contributed by atoms with van der Waals surface area (Å²) in [7, 11) is 0. The summed E-state index contributed by atoms with van der Waals surface area (Å²) in [5, 5.41) is 8.54. The lowest BCUT2D eigenvalue weighted by Crippen LogP contribution is -2.38. The van der Waals surface area contributed by atoms with Crippen molar-refractivity contribution >= 4 is 18.0 Å². The molecular weight excluding hydrogens is 273 g/mol. The number of carbonyl (C=O) groups is 2. The van der Waals surface area contributed by atoms with Gasteiger partial charge in [-0.3, -0.25) is 4.79 Å². The maximum absolute atomic E-state index is 14.1. The van der Waals surface area contributed by atoms with Crippen molar-refractivity contribution in [3.8, 4) is 0 Å². The average Bonchev–Trinajstić information content (AvgIpc) is 2.45. The highest BCUT2D eigenvalue weighted by molar-refractivity contribution is 5.95. The number of hydrogen-bond acceptors (Lipinski definition) is 2. The van der Waals surface area contributed by atoms with Crippen molar-refractivity contribution in [2.24, 2.45) is 0 Å². The van der Waals surface area contributed by atoms with Gasteiger partial charge in [-0.25, -0.2) is 9.18 Å². The lowest BCUT2D eigenvalue weighted by molar-refractivity contribution is -0.131. The van der Waals surface area contributed by atoms with Crippen LogP contribution in [0.15, 0.2) is 24.3 Å². The van der Waals surface area contributed by atoms with Crippen molar-refractivity contribution in [2.75, 3.05) is 6.54 Å². The maximum Gasteiger partial charge on any atom is 0.328 e. The molecule has 5 heteroatoms. The van der Waals surface area contributed by atoms with Gasteiger partial charge < -0.3 is 10.0 Å². The van der Waals surface area contributed by atoms with Crippen molar-refractivity contribution in [1.82, 2.24) is 4.90 Å². The van der Waals surface area contributed by atoms with Crippen LogP contribution in [0.1, 0.15) is 43.1 Å². The van der Waals surface area contributed by atoms with Gasteiger partial charge in [0.1, 0.15) is 5.82 Å². The van der Waals surface area contributed by atoms with Crippen LogP contribution < -0.4 is 0 Å². The lowest BCUT2D eigenvalue weighted by Gasteiger charge is -2.27. The summed E-state index contributed by atoms with van der Waals surface area (Å²) in [6, 6.07) is 4.12. The first-order chi connectivity index (χ1) is 9.90. The molecule has 0 heterocycles. The van der Waals surface area contributed by atoms with E-state index in [1.807, 2.05) is 20.8 Å². The molecule has 0 saturated heterocycles. The number of hydrogen-bond donors (Lipinski definition) is 1. The zero-order valence-electron chi connectivity index (χ0n) is 12.5. The van der Waals surface area contributed by atoms with Crippen molar-refractivity contribution in [3.63, 3.8) is 0 Å². The fraction of sp³-hybridized carbons (Fsp3) is 0.375. The number of aliphatic carboxylic acids is 1. The van der Waals surface area contributed by atoms with Crippen LogP contribution >= 0.6 is 0 Å². The second-order valence-electron chi connectivity index (χ2n) is 4.76. The molecule has 1 aromatic carbocycles. The number of benzene rings is 1. The first-order valence-electron chi connectivity index (χ1n) is 6.92. The van der Waals surface area contributed by atoms with Gasteiger partial charge in [0.2, 0.25) is 0 Å². The zero-order valence-corrected chi connectivity index (χ0v) is 12.5. The highest BCUT2D eigenvalue weighted by Gasteiger charge is 2.21. The number of nitrogens with zero attached hydrogens (tertiary/aromatic N) is 1. The first kappa shape index (κ1) is 16.9. The van der Waals surface area contributed by atoms with Gasteiger partial charge in [-0.05, 0) is 44.0 Å². The van der Waals surface area contributed by atoms with E-state index in [1.54, 1.807) is 4.90 Å². The number of carboxylic acids is 1. The predicted molar refractivity (Wildman–Crippen MR) is 79.5 cm³/mol. The Hall–Kier alpha value is -2.17. The minimum atomic E-state index is -1.11. The molecule has 0 bridgehead atoms. The molecule has 1 N–H and O–H groups in total. The molecule has 0 spiro atoms. The van der Waals surface area contributed by atoms with Gasteiger partial charge in [0, 0.05) is 18.7 Å². The summed E-state index contributed by atoms with van der Waals surface area (Å²) >= 11 is 0. The van der Waals surface area contributed by atoms with Crippen LogP contribution in [0.4, 0.5) is 4.39 Å². The van der Waals surface area contributed by atoms with Gasteiger partial charge in [-0.1, -0.05) is 13.0 Å². The SMILES string of the molecule is CCC(C)N(CC)C(=O)c1ccc(C=CC(=O)O)cc1F. The minimum Gasteiger partial charge on any atom is -0.478 e. The summed E-state index contributed by atoms with van der Waals surface area (Å²) in [5.41, 5.74) is 0.405. The molecule has 1 amide bonds. The van der Waals surface area contributed by atoms with Crippen molar-refractivity contribution in [1.29, 1.82) is 0 Å². The van der Waals surface area contributed by atoms with E-state index < -0.39 is 11.8 Å². The first-order valence-corrected chi connectivity index (χ1v) is 6.92. The minimum absolute atomic E-state index is 0.00428. The maximum atomic E-state index is 14.1. The molecule has 0 radical (unpaired) electrons. The van der Waals surface area contributed by atoms with Gasteiger partial charge >= 0.3 is 5.97 Å². The Balaban J connectivity index is 3.03. The van der Waals surface area contributed by atoms with E-state index in [9.17, 15) is 14.0 Å². The molecule has 21 heavy (non-hydrogen) atoms. The van der Waals surface area contributed by atoms with Crippen LogP contribution in [0.5, 0.6) is 0 Å². The van der Waals surface area contributed by atoms with Crippen LogP contribution in [0, 0.1) is 5.82 Å². The van der Waals surface area contributed by atoms with Crippen molar-refractivity contribution < 1.29 is 19.1 Å². The van der Waals surface area contributed by atoms with Crippen LogP contribution in [0.2, 0.25) is 0 Å². The average molecular weight is 293 g/mol. The monoisotopic (exact) mass is 293 g/mol. The second-order valence-corrected chi connectivity index (χ2v) is 4.76. The quantitative estimate of drug-likeness (QED) is 0.819. The van der Waals surface area contributed by atoms with Crippen molar-refractivity contribution in [3.05, 3.63) is 41.2 Å². The van der Waals surface area contributed by atoms with E-state index in [0.29, 0.717) is 12.1 Å². The third kappa shape index (κ3) is 4.41. The van der Waals surface area contributed by atoms with Gasteiger partial charge in [0.05, 0.1) is 5.56 Å². The van der Waals surface area contributed by atoms with E-state index in [0.717, 1.165) is 18.6 Å². The van der Waals surface area contributed by atoms with E-state index in [2.05, 4.69) is 0 Å². The van der Waals surface area contributed by atoms with Gasteiger partial charge in [-0.15, -0.1) is 0 Å². The van der Waals surface area contributed by atoms with E-state index in [1.165, 1.54) is 18.2 Å². The summed E-state index contributed by atoms with van der Waals surface area (Å²) in [6.45, 7) is 6.25. The zero-order chi connectivity index (χ0) is 16.0. The van der Waals surface area contributed by atoms with Crippen molar-refractivity contribution in [2.45, 2.75) is 33.2 Å². The molecule has 0 aliphatic carbocycles. The molecule has 0 aliphatic heterocycles. The fourth-order valence-electron chi connectivity index (χ4n) is 2.01. The third-order valence-corrected chi connectivity index (χ3v) is 3.37. The molecule has 114 valence electrons. The Morgan fingerprint density at radius 2 is 2.05 bits per heavy atom. The molecular formula is C16H20FNO3. The van der Waals surface area contributed by atoms with Crippen LogP contribution in [0.3, 0.4) is 0 Å². The Kier molecular flexibility index (Phi) is 6.09. The Morgan fingerprint density at radius 1 is 1.38 bits per heavy atom. The molecule has 0 fully saturated rings. The topological polar surface area (TPSA) is 57.6 Å². The highest BCUT2D eigenvalue weighted by Crippen LogP contribution is 2.16. The molecule has 1 unspecified atom stereocenters. The van der Waals surface area contributed by atoms with E-state index in [4.69, 9.17) is 5.11 Å². The summed E-state index contributed by atoms with van der Waals surface area (Å²) in [5.74, 6) is -2.10. The summed E-state index contributed by atoms with van der Waals surface area (Å²) in [4.78, 5) is 24.4. The lowest BCUT2D eigenvalue weighted by atomic mass is 10.1. The number of halogens is 1. The Morgan fingerprint density at radius 3 is 2.52 bits per heavy atom. The van der Waals surface area contributed by atoms with E-state index in [-0.39, 0.29) is 17.5 Å². The Bertz CT molecular complexity index is 554. The number of rotatable bonds is 6. The summed E-state index contributed by atoms with van der Waals surface area (Å²) in [6.07, 6.45) is 3.00.